The van der Waals surface area contributed by atoms with Crippen molar-refractivity contribution in [1.82, 2.24) is 0 Å². The van der Waals surface area contributed by atoms with Gasteiger partial charge in [-0.1, -0.05) is 30.3 Å². The van der Waals surface area contributed by atoms with Gasteiger partial charge in [0.25, 0.3) is 0 Å². The number of fused-ring (bicyclic) bond motifs is 3. The summed E-state index contributed by atoms with van der Waals surface area (Å²) in [6.07, 6.45) is 0.873. The third-order valence-corrected chi connectivity index (χ3v) is 4.09. The molecule has 0 fully saturated rings. The summed E-state index contributed by atoms with van der Waals surface area (Å²) >= 11 is 0. The van der Waals surface area contributed by atoms with Crippen LogP contribution in [0.5, 0.6) is 5.75 Å². The SMILES string of the molecule is COc1ccc(-c2oc3ccc4ccccc4c3c2C=O)cc1. The van der Waals surface area contributed by atoms with E-state index in [4.69, 9.17) is 9.15 Å². The minimum atomic E-state index is 0.585. The van der Waals surface area contributed by atoms with Gasteiger partial charge in [-0.2, -0.15) is 0 Å². The van der Waals surface area contributed by atoms with Crippen LogP contribution in [0.1, 0.15) is 10.4 Å². The lowest BCUT2D eigenvalue weighted by Gasteiger charge is -2.01. The number of furan rings is 1. The Morgan fingerprint density at radius 1 is 0.957 bits per heavy atom. The second-order valence-electron chi connectivity index (χ2n) is 5.35. The standard InChI is InChI=1S/C20H14O3/c1-22-15-9-6-14(7-10-15)20-17(12-21)19-16-5-3-2-4-13(16)8-11-18(19)23-20/h2-12H,1H3. The Balaban J connectivity index is 2.03. The van der Waals surface area contributed by atoms with Crippen molar-refractivity contribution < 1.29 is 13.9 Å². The molecule has 3 nitrogen and oxygen atoms in total. The first-order chi connectivity index (χ1) is 11.3. The summed E-state index contributed by atoms with van der Waals surface area (Å²) in [7, 11) is 1.62. The number of aldehydes is 1. The van der Waals surface area contributed by atoms with E-state index in [9.17, 15) is 4.79 Å². The highest BCUT2D eigenvalue weighted by Crippen LogP contribution is 2.37. The molecule has 112 valence electrons. The molecule has 0 radical (unpaired) electrons. The van der Waals surface area contributed by atoms with Gasteiger partial charge in [0.1, 0.15) is 17.1 Å². The maximum Gasteiger partial charge on any atom is 0.154 e. The average Bonchev–Trinajstić information content (AvgIpc) is 3.01. The lowest BCUT2D eigenvalue weighted by atomic mass is 10.0. The number of hydrogen-bond donors (Lipinski definition) is 0. The molecule has 0 bridgehead atoms. The van der Waals surface area contributed by atoms with E-state index in [1.165, 1.54) is 0 Å². The van der Waals surface area contributed by atoms with Crippen molar-refractivity contribution >= 4 is 28.0 Å². The largest absolute Gasteiger partial charge is 0.497 e. The minimum absolute atomic E-state index is 0.585. The highest BCUT2D eigenvalue weighted by molar-refractivity contribution is 6.15. The van der Waals surface area contributed by atoms with Crippen molar-refractivity contribution in [3.8, 4) is 17.1 Å². The normalized spacial score (nSPS) is 11.0. The number of methoxy groups -OCH3 is 1. The van der Waals surface area contributed by atoms with Gasteiger partial charge in [0.05, 0.1) is 12.7 Å². The summed E-state index contributed by atoms with van der Waals surface area (Å²) in [5.41, 5.74) is 2.16. The van der Waals surface area contributed by atoms with Gasteiger partial charge in [-0.3, -0.25) is 4.79 Å². The second-order valence-corrected chi connectivity index (χ2v) is 5.35. The van der Waals surface area contributed by atoms with Crippen LogP contribution < -0.4 is 4.74 Å². The molecule has 0 spiro atoms. The fourth-order valence-corrected chi connectivity index (χ4v) is 2.96. The highest BCUT2D eigenvalue weighted by atomic mass is 16.5. The molecule has 4 aromatic rings. The van der Waals surface area contributed by atoms with E-state index in [1.807, 2.05) is 60.7 Å². The van der Waals surface area contributed by atoms with Crippen LogP contribution >= 0.6 is 0 Å². The summed E-state index contributed by atoms with van der Waals surface area (Å²) in [6, 6.07) is 19.4. The first-order valence-electron chi connectivity index (χ1n) is 7.35. The Hall–Kier alpha value is -3.07. The zero-order valence-corrected chi connectivity index (χ0v) is 12.6. The maximum absolute atomic E-state index is 11.8. The maximum atomic E-state index is 11.8. The smallest absolute Gasteiger partial charge is 0.154 e. The molecule has 3 heteroatoms. The molecule has 0 saturated heterocycles. The topological polar surface area (TPSA) is 39.4 Å². The molecule has 0 saturated carbocycles. The van der Waals surface area contributed by atoms with Crippen LogP contribution in [0, 0.1) is 0 Å². The predicted molar refractivity (Wildman–Crippen MR) is 91.1 cm³/mol. The van der Waals surface area contributed by atoms with Crippen molar-refractivity contribution in [2.45, 2.75) is 0 Å². The van der Waals surface area contributed by atoms with Crippen LogP contribution in [0.3, 0.4) is 0 Å². The third kappa shape index (κ3) is 2.09. The van der Waals surface area contributed by atoms with E-state index < -0.39 is 0 Å². The Labute approximate surface area is 133 Å². The third-order valence-electron chi connectivity index (χ3n) is 4.09. The quantitative estimate of drug-likeness (QED) is 0.496. The monoisotopic (exact) mass is 302 g/mol. The van der Waals surface area contributed by atoms with E-state index >= 15 is 0 Å². The van der Waals surface area contributed by atoms with Crippen molar-refractivity contribution in [3.05, 3.63) is 66.2 Å². The average molecular weight is 302 g/mol. The molecular formula is C20H14O3. The minimum Gasteiger partial charge on any atom is -0.497 e. The van der Waals surface area contributed by atoms with Crippen LogP contribution in [0.25, 0.3) is 33.1 Å². The second kappa shape index (κ2) is 5.29. The number of hydrogen-bond acceptors (Lipinski definition) is 3. The zero-order valence-electron chi connectivity index (χ0n) is 12.6. The molecule has 0 aliphatic carbocycles. The van der Waals surface area contributed by atoms with Crippen LogP contribution in [0.15, 0.2) is 65.1 Å². The Morgan fingerprint density at radius 3 is 2.48 bits per heavy atom. The molecule has 0 aliphatic rings. The van der Waals surface area contributed by atoms with Gasteiger partial charge in [-0.05, 0) is 41.1 Å². The van der Waals surface area contributed by atoms with Gasteiger partial charge in [0.2, 0.25) is 0 Å². The first kappa shape index (κ1) is 13.6. The molecule has 3 aromatic carbocycles. The molecule has 1 heterocycles. The summed E-state index contributed by atoms with van der Waals surface area (Å²) in [6.45, 7) is 0. The van der Waals surface area contributed by atoms with Crippen LogP contribution in [-0.2, 0) is 0 Å². The Morgan fingerprint density at radius 2 is 1.74 bits per heavy atom. The van der Waals surface area contributed by atoms with Crippen LogP contribution in [-0.4, -0.2) is 13.4 Å². The summed E-state index contributed by atoms with van der Waals surface area (Å²) in [5.74, 6) is 1.36. The van der Waals surface area contributed by atoms with E-state index in [0.717, 1.165) is 39.3 Å². The first-order valence-corrected chi connectivity index (χ1v) is 7.35. The highest BCUT2D eigenvalue weighted by Gasteiger charge is 2.17. The summed E-state index contributed by atoms with van der Waals surface area (Å²) in [4.78, 5) is 11.8. The fraction of sp³-hybridized carbons (Fsp3) is 0.0500. The molecule has 1 aromatic heterocycles. The molecule has 23 heavy (non-hydrogen) atoms. The lowest BCUT2D eigenvalue weighted by molar-refractivity contribution is 0.112. The van der Waals surface area contributed by atoms with E-state index in [1.54, 1.807) is 7.11 Å². The van der Waals surface area contributed by atoms with Crippen molar-refractivity contribution in [3.63, 3.8) is 0 Å². The molecule has 0 amide bonds. The van der Waals surface area contributed by atoms with E-state index in [2.05, 4.69) is 0 Å². The van der Waals surface area contributed by atoms with Crippen LogP contribution in [0.4, 0.5) is 0 Å². The zero-order chi connectivity index (χ0) is 15.8. The number of rotatable bonds is 3. The molecule has 0 N–H and O–H groups in total. The Bertz CT molecular complexity index is 1010. The molecule has 0 aliphatic heterocycles. The molecular weight excluding hydrogens is 288 g/mol. The number of carbonyl (C=O) groups excluding carboxylic acids is 1. The van der Waals surface area contributed by atoms with Gasteiger partial charge in [-0.25, -0.2) is 0 Å². The number of benzene rings is 3. The van der Waals surface area contributed by atoms with Gasteiger partial charge >= 0.3 is 0 Å². The molecule has 4 rings (SSSR count). The number of carbonyl (C=O) groups is 1. The Kier molecular flexibility index (Phi) is 3.12. The fourth-order valence-electron chi connectivity index (χ4n) is 2.96. The number of ether oxygens (including phenoxy) is 1. The van der Waals surface area contributed by atoms with Crippen molar-refractivity contribution in [1.29, 1.82) is 0 Å². The molecule has 0 atom stereocenters. The van der Waals surface area contributed by atoms with Crippen molar-refractivity contribution in [2.75, 3.05) is 7.11 Å². The van der Waals surface area contributed by atoms with Gasteiger partial charge < -0.3 is 9.15 Å². The van der Waals surface area contributed by atoms with Crippen molar-refractivity contribution in [2.24, 2.45) is 0 Å². The van der Waals surface area contributed by atoms with Gasteiger partial charge in [0, 0.05) is 10.9 Å². The predicted octanol–water partition coefficient (Wildman–Crippen LogP) is 5.07. The lowest BCUT2D eigenvalue weighted by Crippen LogP contribution is -1.85. The van der Waals surface area contributed by atoms with E-state index in [0.29, 0.717) is 11.3 Å². The summed E-state index contributed by atoms with van der Waals surface area (Å²) in [5, 5.41) is 2.98. The van der Waals surface area contributed by atoms with Crippen LogP contribution in [0.2, 0.25) is 0 Å². The molecule has 0 unspecified atom stereocenters. The van der Waals surface area contributed by atoms with Gasteiger partial charge in [0.15, 0.2) is 6.29 Å². The van der Waals surface area contributed by atoms with E-state index in [-0.39, 0.29) is 0 Å². The van der Waals surface area contributed by atoms with Gasteiger partial charge in [-0.15, -0.1) is 0 Å². The summed E-state index contributed by atoms with van der Waals surface area (Å²) < 4.78 is 11.2.